The van der Waals surface area contributed by atoms with Crippen molar-refractivity contribution in [1.29, 1.82) is 0 Å². The van der Waals surface area contributed by atoms with Crippen LogP contribution in [0, 0.1) is 5.38 Å². The number of hydrogen-bond acceptors (Lipinski definition) is 1. The van der Waals surface area contributed by atoms with Gasteiger partial charge in [-0.15, -0.1) is 11.3 Å². The lowest BCUT2D eigenvalue weighted by atomic mass is 10.3. The zero-order valence-electron chi connectivity index (χ0n) is 5.95. The lowest BCUT2D eigenvalue weighted by molar-refractivity contribution is -0.108. The second-order valence-corrected chi connectivity index (χ2v) is 2.77. The highest BCUT2D eigenvalue weighted by atomic mass is 32.1. The van der Waals surface area contributed by atoms with Crippen LogP contribution in [0.5, 0.6) is 0 Å². The van der Waals surface area contributed by atoms with Crippen molar-refractivity contribution in [1.82, 2.24) is 0 Å². The fourth-order valence-corrected chi connectivity index (χ4v) is 1.15. The first-order chi connectivity index (χ1) is 5.93. The third kappa shape index (κ3) is 2.27. The number of allylic oxidation sites excluding steroid dienone is 1. The van der Waals surface area contributed by atoms with E-state index in [0.29, 0.717) is 0 Å². The van der Waals surface area contributed by atoms with Crippen molar-refractivity contribution in [2.45, 2.75) is 6.18 Å². The molecule has 0 spiro atoms. The maximum atomic E-state index is 12.6. The van der Waals surface area contributed by atoms with Gasteiger partial charge in [-0.05, 0) is 11.4 Å². The highest BCUT2D eigenvalue weighted by Gasteiger charge is 2.38. The molecule has 0 fully saturated rings. The molecule has 1 aromatic heterocycles. The van der Waals surface area contributed by atoms with Crippen molar-refractivity contribution < 1.29 is 22.0 Å². The average Bonchev–Trinajstić information content (AvgIpc) is 2.51. The third-order valence-electron chi connectivity index (χ3n) is 1.15. The summed E-state index contributed by atoms with van der Waals surface area (Å²) < 4.78 is 59.7. The van der Waals surface area contributed by atoms with Gasteiger partial charge in [-0.2, -0.15) is 17.6 Å². The second kappa shape index (κ2) is 3.45. The van der Waals surface area contributed by atoms with E-state index in [-0.39, 0.29) is 0 Å². The van der Waals surface area contributed by atoms with Gasteiger partial charge in [0.25, 0.3) is 0 Å². The van der Waals surface area contributed by atoms with E-state index in [0.717, 1.165) is 17.4 Å². The summed E-state index contributed by atoms with van der Waals surface area (Å²) in [4.78, 5) is 0. The summed E-state index contributed by atoms with van der Waals surface area (Å²) in [5, 5.41) is 3.46. The van der Waals surface area contributed by atoms with Crippen molar-refractivity contribution in [2.75, 3.05) is 0 Å². The fourth-order valence-electron chi connectivity index (χ4n) is 0.594. The predicted octanol–water partition coefficient (Wildman–Crippen LogP) is 3.72. The van der Waals surface area contributed by atoms with Crippen molar-refractivity contribution in [3.63, 3.8) is 0 Å². The zero-order chi connectivity index (χ0) is 10.1. The number of halogens is 5. The molecule has 1 heterocycles. The van der Waals surface area contributed by atoms with Gasteiger partial charge in [-0.25, -0.2) is 4.39 Å². The molecule has 0 amide bonds. The lowest BCUT2D eigenvalue weighted by Gasteiger charge is -2.03. The SMILES string of the molecule is FC(=C(F)C(F)(F)F)c1[c]scc1. The number of rotatable bonds is 1. The monoisotopic (exact) mass is 213 g/mol. The van der Waals surface area contributed by atoms with Gasteiger partial charge >= 0.3 is 6.18 Å². The minimum Gasteiger partial charge on any atom is -0.203 e. The van der Waals surface area contributed by atoms with E-state index in [1.165, 1.54) is 5.38 Å². The highest BCUT2D eigenvalue weighted by molar-refractivity contribution is 7.07. The predicted molar refractivity (Wildman–Crippen MR) is 38.3 cm³/mol. The molecule has 0 saturated heterocycles. The second-order valence-electron chi connectivity index (χ2n) is 2.06. The van der Waals surface area contributed by atoms with E-state index in [4.69, 9.17) is 0 Å². The first-order valence-corrected chi connectivity index (χ1v) is 3.89. The Morgan fingerprint density at radius 2 is 1.92 bits per heavy atom. The van der Waals surface area contributed by atoms with Crippen molar-refractivity contribution >= 4 is 17.2 Å². The quantitative estimate of drug-likeness (QED) is 0.623. The summed E-state index contributed by atoms with van der Waals surface area (Å²) in [5.74, 6) is -4.64. The van der Waals surface area contributed by atoms with Crippen molar-refractivity contribution in [2.24, 2.45) is 0 Å². The Hall–Kier alpha value is -0.910. The fraction of sp³-hybridized carbons (Fsp3) is 0.143. The molecular formula is C7H2F5S. The van der Waals surface area contributed by atoms with Gasteiger partial charge in [0, 0.05) is 5.56 Å². The minimum atomic E-state index is -5.28. The average molecular weight is 213 g/mol. The largest absolute Gasteiger partial charge is 0.445 e. The van der Waals surface area contributed by atoms with Crippen LogP contribution in [0.3, 0.4) is 0 Å². The van der Waals surface area contributed by atoms with E-state index in [1.807, 2.05) is 0 Å². The summed E-state index contributed by atoms with van der Waals surface area (Å²) in [6.07, 6.45) is -5.28. The molecule has 1 aromatic rings. The normalized spacial score (nSPS) is 14.2. The molecule has 1 radical (unpaired) electrons. The molecule has 6 heteroatoms. The molecule has 0 unspecified atom stereocenters. The van der Waals surface area contributed by atoms with Crippen LogP contribution < -0.4 is 0 Å². The Morgan fingerprint density at radius 3 is 2.31 bits per heavy atom. The van der Waals surface area contributed by atoms with Crippen LogP contribution >= 0.6 is 11.3 Å². The van der Waals surface area contributed by atoms with E-state index in [2.05, 4.69) is 5.38 Å². The van der Waals surface area contributed by atoms with Crippen LogP contribution in [0.2, 0.25) is 0 Å². The summed E-state index contributed by atoms with van der Waals surface area (Å²) in [6.45, 7) is 0. The molecule has 0 aliphatic carbocycles. The molecule has 0 aliphatic rings. The van der Waals surface area contributed by atoms with Gasteiger partial charge < -0.3 is 0 Å². The van der Waals surface area contributed by atoms with Gasteiger partial charge in [0.05, 0.1) is 5.38 Å². The van der Waals surface area contributed by atoms with Gasteiger partial charge in [-0.3, -0.25) is 0 Å². The van der Waals surface area contributed by atoms with E-state index in [9.17, 15) is 22.0 Å². The summed E-state index contributed by atoms with van der Waals surface area (Å²) in [7, 11) is 0. The highest BCUT2D eigenvalue weighted by Crippen LogP contribution is 2.34. The number of thiophene rings is 1. The molecule has 0 N–H and O–H groups in total. The molecule has 0 aliphatic heterocycles. The van der Waals surface area contributed by atoms with E-state index < -0.39 is 23.4 Å². The third-order valence-corrected chi connectivity index (χ3v) is 1.76. The Balaban J connectivity index is 3.07. The first kappa shape index (κ1) is 10.2. The summed E-state index contributed by atoms with van der Waals surface area (Å²) in [6, 6.07) is 1.02. The number of alkyl halides is 3. The van der Waals surface area contributed by atoms with Crippen LogP contribution in [0.25, 0.3) is 5.83 Å². The maximum Gasteiger partial charge on any atom is 0.445 e. The van der Waals surface area contributed by atoms with Crippen molar-refractivity contribution in [3.05, 3.63) is 28.2 Å². The Kier molecular flexibility index (Phi) is 2.70. The van der Waals surface area contributed by atoms with Gasteiger partial charge in [0.1, 0.15) is 0 Å². The van der Waals surface area contributed by atoms with Gasteiger partial charge in [0.15, 0.2) is 5.83 Å². The smallest absolute Gasteiger partial charge is 0.203 e. The molecule has 0 nitrogen and oxygen atoms in total. The standard InChI is InChI=1S/C7H2F5S/c8-5(4-1-2-13-3-4)6(9)7(10,11)12/h1-2H. The van der Waals surface area contributed by atoms with Crippen LogP contribution in [-0.4, -0.2) is 6.18 Å². The molecule has 0 aromatic carbocycles. The van der Waals surface area contributed by atoms with E-state index >= 15 is 0 Å². The zero-order valence-corrected chi connectivity index (χ0v) is 6.77. The lowest BCUT2D eigenvalue weighted by Crippen LogP contribution is -2.09. The Bertz CT molecular complexity index is 308. The summed E-state index contributed by atoms with van der Waals surface area (Å²) in [5.41, 5.74) is -0.514. The van der Waals surface area contributed by atoms with Gasteiger partial charge in [-0.1, -0.05) is 0 Å². The Labute approximate surface area is 74.3 Å². The molecule has 71 valence electrons. The number of hydrogen-bond donors (Lipinski definition) is 0. The maximum absolute atomic E-state index is 12.6. The first-order valence-electron chi connectivity index (χ1n) is 3.01. The van der Waals surface area contributed by atoms with Crippen LogP contribution in [0.1, 0.15) is 5.56 Å². The molecule has 1 rings (SSSR count). The summed E-state index contributed by atoms with van der Waals surface area (Å²) >= 11 is 0.863. The van der Waals surface area contributed by atoms with Crippen LogP contribution in [-0.2, 0) is 0 Å². The molecule has 0 atom stereocenters. The molecule has 13 heavy (non-hydrogen) atoms. The van der Waals surface area contributed by atoms with Crippen molar-refractivity contribution in [3.8, 4) is 0 Å². The van der Waals surface area contributed by atoms with Crippen LogP contribution in [0.4, 0.5) is 22.0 Å². The molecular weight excluding hydrogens is 211 g/mol. The van der Waals surface area contributed by atoms with Crippen LogP contribution in [0.15, 0.2) is 17.3 Å². The molecule has 0 bridgehead atoms. The molecule has 0 saturated carbocycles. The van der Waals surface area contributed by atoms with Gasteiger partial charge in [0.2, 0.25) is 5.83 Å². The van der Waals surface area contributed by atoms with E-state index in [1.54, 1.807) is 0 Å². The topological polar surface area (TPSA) is 0 Å². The Morgan fingerprint density at radius 1 is 1.31 bits per heavy atom. The minimum absolute atomic E-state index is 0.514.